The molecule has 0 saturated heterocycles. The predicted octanol–water partition coefficient (Wildman–Crippen LogP) is 1.37. The molecule has 0 aromatic rings. The van der Waals surface area contributed by atoms with Crippen molar-refractivity contribution in [2.75, 3.05) is 27.9 Å². The number of ether oxygens (including phenoxy) is 1. The van der Waals surface area contributed by atoms with Crippen LogP contribution in [0.5, 0.6) is 0 Å². The van der Waals surface area contributed by atoms with Crippen molar-refractivity contribution >= 4 is 14.8 Å². The molecule has 0 rings (SSSR count). The van der Waals surface area contributed by atoms with Crippen molar-refractivity contribution in [2.45, 2.75) is 19.4 Å². The first-order chi connectivity index (χ1) is 7.49. The summed E-state index contributed by atoms with van der Waals surface area (Å²) in [6.07, 6.45) is 0.217. The molecule has 0 aliphatic carbocycles. The summed E-state index contributed by atoms with van der Waals surface area (Å²) in [5, 5.41) is 0. The lowest BCUT2D eigenvalue weighted by Gasteiger charge is -2.23. The van der Waals surface area contributed by atoms with Gasteiger partial charge in [-0.15, -0.1) is 0 Å². The van der Waals surface area contributed by atoms with Crippen LogP contribution in [0.4, 0.5) is 0 Å². The van der Waals surface area contributed by atoms with Crippen molar-refractivity contribution in [1.29, 1.82) is 0 Å². The normalized spacial score (nSPS) is 11.2. The molecule has 0 fully saturated rings. The van der Waals surface area contributed by atoms with E-state index in [4.69, 9.17) is 18.0 Å². The number of carbonyl (C=O) groups is 1. The molecule has 0 bridgehead atoms. The highest BCUT2D eigenvalue weighted by Gasteiger charge is 2.38. The van der Waals surface area contributed by atoms with Gasteiger partial charge in [-0.3, -0.25) is 4.79 Å². The van der Waals surface area contributed by atoms with Crippen LogP contribution in [0.2, 0.25) is 6.04 Å². The number of carbonyl (C=O) groups excluding carboxylic acids is 1. The Morgan fingerprint density at radius 1 is 1.19 bits per heavy atom. The SMILES string of the molecule is C=C(C)COC(=O)CC[Si](OC)(OC)OC. The molecule has 94 valence electrons. The Bertz CT molecular complexity index is 229. The molecule has 0 saturated carbocycles. The summed E-state index contributed by atoms with van der Waals surface area (Å²) in [5.41, 5.74) is 0.807. The second kappa shape index (κ2) is 7.56. The quantitative estimate of drug-likeness (QED) is 0.369. The molecular formula is C10H20O5Si. The molecule has 0 aliphatic rings. The number of esters is 1. The van der Waals surface area contributed by atoms with E-state index in [1.54, 1.807) is 6.92 Å². The molecule has 0 amide bonds. The van der Waals surface area contributed by atoms with Gasteiger partial charge in [0.2, 0.25) is 0 Å². The predicted molar refractivity (Wildman–Crippen MR) is 62.0 cm³/mol. The zero-order valence-electron chi connectivity index (χ0n) is 10.4. The van der Waals surface area contributed by atoms with Gasteiger partial charge in [0, 0.05) is 33.8 Å². The third-order valence-corrected chi connectivity index (χ3v) is 4.78. The number of hydrogen-bond donors (Lipinski definition) is 0. The Morgan fingerprint density at radius 2 is 1.69 bits per heavy atom. The Kier molecular flexibility index (Phi) is 7.23. The second-order valence-corrected chi connectivity index (χ2v) is 6.50. The summed E-state index contributed by atoms with van der Waals surface area (Å²) < 4.78 is 20.5. The summed E-state index contributed by atoms with van der Waals surface area (Å²) in [4.78, 5) is 11.3. The van der Waals surface area contributed by atoms with Crippen molar-refractivity contribution < 1.29 is 22.8 Å². The Balaban J connectivity index is 4.01. The fourth-order valence-electron chi connectivity index (χ4n) is 1.09. The molecule has 16 heavy (non-hydrogen) atoms. The molecular weight excluding hydrogens is 228 g/mol. The van der Waals surface area contributed by atoms with Crippen LogP contribution in [0.1, 0.15) is 13.3 Å². The maximum absolute atomic E-state index is 11.3. The first kappa shape index (κ1) is 15.3. The van der Waals surface area contributed by atoms with E-state index >= 15 is 0 Å². The summed E-state index contributed by atoms with van der Waals surface area (Å²) >= 11 is 0. The van der Waals surface area contributed by atoms with E-state index in [1.807, 2.05) is 0 Å². The first-order valence-corrected chi connectivity index (χ1v) is 6.88. The van der Waals surface area contributed by atoms with E-state index in [0.717, 1.165) is 5.57 Å². The van der Waals surface area contributed by atoms with E-state index in [-0.39, 0.29) is 19.0 Å². The van der Waals surface area contributed by atoms with Crippen molar-refractivity contribution in [1.82, 2.24) is 0 Å². The van der Waals surface area contributed by atoms with Gasteiger partial charge in [-0.1, -0.05) is 6.58 Å². The largest absolute Gasteiger partial charge is 0.500 e. The molecule has 0 atom stereocenters. The standard InChI is InChI=1S/C10H20O5Si/c1-9(2)8-15-10(11)6-7-16(12-3,13-4)14-5/h1,6-8H2,2-5H3. The summed E-state index contributed by atoms with van der Waals surface area (Å²) in [6, 6.07) is 0.408. The van der Waals surface area contributed by atoms with Gasteiger partial charge in [-0.2, -0.15) is 0 Å². The molecule has 0 heterocycles. The Morgan fingerprint density at radius 3 is 2.06 bits per heavy atom. The number of rotatable bonds is 8. The van der Waals surface area contributed by atoms with Crippen LogP contribution in [-0.2, 0) is 22.8 Å². The van der Waals surface area contributed by atoms with Gasteiger partial charge < -0.3 is 18.0 Å². The van der Waals surface area contributed by atoms with Gasteiger partial charge in [0.05, 0.1) is 0 Å². The van der Waals surface area contributed by atoms with E-state index < -0.39 is 8.80 Å². The molecule has 5 nitrogen and oxygen atoms in total. The van der Waals surface area contributed by atoms with Crippen LogP contribution in [-0.4, -0.2) is 42.7 Å². The van der Waals surface area contributed by atoms with Gasteiger partial charge in [-0.05, 0) is 12.5 Å². The second-order valence-electron chi connectivity index (χ2n) is 3.41. The van der Waals surface area contributed by atoms with E-state index in [9.17, 15) is 4.79 Å². The minimum Gasteiger partial charge on any atom is -0.461 e. The van der Waals surface area contributed by atoms with Crippen LogP contribution in [0.3, 0.4) is 0 Å². The lowest BCUT2D eigenvalue weighted by Crippen LogP contribution is -2.43. The third kappa shape index (κ3) is 5.41. The van der Waals surface area contributed by atoms with Gasteiger partial charge in [0.25, 0.3) is 0 Å². The fraction of sp³-hybridized carbons (Fsp3) is 0.700. The zero-order valence-corrected chi connectivity index (χ0v) is 11.4. The van der Waals surface area contributed by atoms with Crippen LogP contribution < -0.4 is 0 Å². The summed E-state index contributed by atoms with van der Waals surface area (Å²) in [7, 11) is 1.88. The van der Waals surface area contributed by atoms with Gasteiger partial charge >= 0.3 is 14.8 Å². The monoisotopic (exact) mass is 248 g/mol. The van der Waals surface area contributed by atoms with Crippen molar-refractivity contribution in [3.05, 3.63) is 12.2 Å². The Hall–Kier alpha value is -0.693. The van der Waals surface area contributed by atoms with Gasteiger partial charge in [0.1, 0.15) is 6.61 Å². The zero-order chi connectivity index (χ0) is 12.6. The Labute approximate surface area is 97.7 Å². The van der Waals surface area contributed by atoms with E-state index in [0.29, 0.717) is 6.04 Å². The van der Waals surface area contributed by atoms with Crippen LogP contribution in [0.25, 0.3) is 0 Å². The van der Waals surface area contributed by atoms with Crippen molar-refractivity contribution in [2.24, 2.45) is 0 Å². The van der Waals surface area contributed by atoms with Crippen LogP contribution >= 0.6 is 0 Å². The van der Waals surface area contributed by atoms with Gasteiger partial charge in [0.15, 0.2) is 0 Å². The molecule has 0 radical (unpaired) electrons. The third-order valence-electron chi connectivity index (χ3n) is 2.05. The average Bonchev–Trinajstić information content (AvgIpc) is 2.29. The van der Waals surface area contributed by atoms with Crippen LogP contribution in [0, 0.1) is 0 Å². The topological polar surface area (TPSA) is 54.0 Å². The molecule has 0 aromatic heterocycles. The van der Waals surface area contributed by atoms with Crippen molar-refractivity contribution in [3.8, 4) is 0 Å². The fourth-order valence-corrected chi connectivity index (χ4v) is 2.71. The maximum Gasteiger partial charge on any atom is 0.500 e. The lowest BCUT2D eigenvalue weighted by molar-refractivity contribution is -0.142. The molecule has 0 aliphatic heterocycles. The van der Waals surface area contributed by atoms with Crippen molar-refractivity contribution in [3.63, 3.8) is 0 Å². The van der Waals surface area contributed by atoms with E-state index in [1.165, 1.54) is 21.3 Å². The maximum atomic E-state index is 11.3. The van der Waals surface area contributed by atoms with E-state index in [2.05, 4.69) is 6.58 Å². The lowest BCUT2D eigenvalue weighted by atomic mass is 10.4. The smallest absolute Gasteiger partial charge is 0.461 e. The highest BCUT2D eigenvalue weighted by Crippen LogP contribution is 2.15. The minimum absolute atomic E-state index is 0.217. The number of hydrogen-bond acceptors (Lipinski definition) is 5. The highest BCUT2D eigenvalue weighted by atomic mass is 28.4. The molecule has 0 aromatic carbocycles. The van der Waals surface area contributed by atoms with Crippen LogP contribution in [0.15, 0.2) is 12.2 Å². The first-order valence-electron chi connectivity index (χ1n) is 4.95. The molecule has 6 heteroatoms. The molecule has 0 spiro atoms. The summed E-state index contributed by atoms with van der Waals surface area (Å²) in [5.74, 6) is -0.300. The molecule has 0 N–H and O–H groups in total. The van der Waals surface area contributed by atoms with Gasteiger partial charge in [-0.25, -0.2) is 0 Å². The average molecular weight is 248 g/mol. The highest BCUT2D eigenvalue weighted by molar-refractivity contribution is 6.60. The molecule has 0 unspecified atom stereocenters. The summed E-state index contributed by atoms with van der Waals surface area (Å²) in [6.45, 7) is 5.69. The minimum atomic E-state index is -2.66.